The van der Waals surface area contributed by atoms with Gasteiger partial charge in [-0.1, -0.05) is 6.92 Å². The first-order valence-corrected chi connectivity index (χ1v) is 7.40. The van der Waals surface area contributed by atoms with E-state index in [4.69, 9.17) is 5.11 Å². The molecular weight excluding hydrogens is 226 g/mol. The van der Waals surface area contributed by atoms with E-state index in [2.05, 4.69) is 36.1 Å². The van der Waals surface area contributed by atoms with Gasteiger partial charge in [0, 0.05) is 25.2 Å². The van der Waals surface area contributed by atoms with Crippen LogP contribution >= 0.6 is 0 Å². The second-order valence-corrected chi connectivity index (χ2v) is 5.64. The zero-order chi connectivity index (χ0) is 13.4. The number of aliphatic hydroxyl groups excluding tert-OH is 1. The molecule has 0 aliphatic carbocycles. The van der Waals surface area contributed by atoms with Crippen LogP contribution in [0.1, 0.15) is 32.6 Å². The maximum atomic E-state index is 9.13. The van der Waals surface area contributed by atoms with Crippen LogP contribution in [0.3, 0.4) is 0 Å². The Kier molecular flexibility index (Phi) is 7.82. The Hall–Kier alpha value is -0.160. The molecule has 1 aliphatic heterocycles. The van der Waals surface area contributed by atoms with Crippen molar-refractivity contribution in [3.63, 3.8) is 0 Å². The van der Waals surface area contributed by atoms with Crippen molar-refractivity contribution in [2.45, 2.75) is 44.7 Å². The molecule has 0 saturated carbocycles. The van der Waals surface area contributed by atoms with Gasteiger partial charge in [-0.15, -0.1) is 0 Å². The second kappa shape index (κ2) is 8.86. The summed E-state index contributed by atoms with van der Waals surface area (Å²) >= 11 is 0. The van der Waals surface area contributed by atoms with E-state index in [1.165, 1.54) is 25.9 Å². The maximum Gasteiger partial charge on any atom is 0.0446 e. The van der Waals surface area contributed by atoms with Gasteiger partial charge in [0.15, 0.2) is 0 Å². The molecule has 0 aromatic carbocycles. The summed E-state index contributed by atoms with van der Waals surface area (Å²) in [6.45, 7) is 6.98. The van der Waals surface area contributed by atoms with Gasteiger partial charge in [0.25, 0.3) is 0 Å². The van der Waals surface area contributed by atoms with Gasteiger partial charge in [-0.25, -0.2) is 0 Å². The molecule has 0 spiro atoms. The average Bonchev–Trinajstić information content (AvgIpc) is 2.37. The first-order chi connectivity index (χ1) is 8.67. The van der Waals surface area contributed by atoms with Crippen LogP contribution in [0, 0.1) is 0 Å². The lowest BCUT2D eigenvalue weighted by Crippen LogP contribution is -2.47. The fourth-order valence-electron chi connectivity index (χ4n) is 2.69. The Morgan fingerprint density at radius 3 is 2.61 bits per heavy atom. The minimum Gasteiger partial charge on any atom is -0.396 e. The van der Waals surface area contributed by atoms with Gasteiger partial charge in [-0.2, -0.15) is 0 Å². The van der Waals surface area contributed by atoms with E-state index >= 15 is 0 Å². The van der Waals surface area contributed by atoms with Gasteiger partial charge in [0.05, 0.1) is 0 Å². The van der Waals surface area contributed by atoms with Crippen molar-refractivity contribution >= 4 is 0 Å². The molecule has 1 unspecified atom stereocenters. The third kappa shape index (κ3) is 5.65. The fraction of sp³-hybridized carbons (Fsp3) is 1.00. The van der Waals surface area contributed by atoms with Gasteiger partial charge < -0.3 is 20.2 Å². The van der Waals surface area contributed by atoms with E-state index in [0.29, 0.717) is 12.1 Å². The number of nitrogens with zero attached hydrogens (tertiary/aromatic N) is 2. The summed E-state index contributed by atoms with van der Waals surface area (Å²) in [5, 5.41) is 12.7. The Morgan fingerprint density at radius 1 is 1.39 bits per heavy atom. The number of likely N-dealkylation sites (tertiary alicyclic amines) is 1. The van der Waals surface area contributed by atoms with Crippen molar-refractivity contribution in [1.29, 1.82) is 0 Å². The van der Waals surface area contributed by atoms with Crippen LogP contribution in [0.15, 0.2) is 0 Å². The Labute approximate surface area is 112 Å². The summed E-state index contributed by atoms with van der Waals surface area (Å²) < 4.78 is 0. The Morgan fingerprint density at radius 2 is 2.06 bits per heavy atom. The van der Waals surface area contributed by atoms with Crippen molar-refractivity contribution in [2.75, 3.05) is 46.9 Å². The van der Waals surface area contributed by atoms with Gasteiger partial charge in [-0.3, -0.25) is 0 Å². The molecule has 4 nitrogen and oxygen atoms in total. The van der Waals surface area contributed by atoms with Crippen molar-refractivity contribution in [2.24, 2.45) is 0 Å². The fourth-order valence-corrected chi connectivity index (χ4v) is 2.69. The molecule has 1 atom stereocenters. The van der Waals surface area contributed by atoms with Gasteiger partial charge in [0.2, 0.25) is 0 Å². The molecule has 1 heterocycles. The van der Waals surface area contributed by atoms with Crippen LogP contribution in [-0.4, -0.2) is 73.9 Å². The lowest BCUT2D eigenvalue weighted by atomic mass is 10.0. The molecule has 0 aromatic rings. The van der Waals surface area contributed by atoms with E-state index in [9.17, 15) is 0 Å². The zero-order valence-corrected chi connectivity index (χ0v) is 12.4. The summed E-state index contributed by atoms with van der Waals surface area (Å²) in [5.74, 6) is 0. The second-order valence-electron chi connectivity index (χ2n) is 5.64. The largest absolute Gasteiger partial charge is 0.396 e. The minimum atomic E-state index is 0.280. The van der Waals surface area contributed by atoms with Crippen LogP contribution in [0.2, 0.25) is 0 Å². The highest BCUT2D eigenvalue weighted by atomic mass is 16.3. The first-order valence-electron chi connectivity index (χ1n) is 7.40. The van der Waals surface area contributed by atoms with Crippen LogP contribution in [-0.2, 0) is 0 Å². The van der Waals surface area contributed by atoms with Crippen LogP contribution in [0.4, 0.5) is 0 Å². The number of rotatable bonds is 8. The minimum absolute atomic E-state index is 0.280. The topological polar surface area (TPSA) is 38.7 Å². The molecular formula is C14H31N3O. The predicted molar refractivity (Wildman–Crippen MR) is 76.9 cm³/mol. The molecule has 108 valence electrons. The standard InChI is InChI=1S/C14H31N3O/c1-4-8-15-13(7-11-18)12-17(3)14-5-9-16(2)10-6-14/h13-15,18H,4-12H2,1-3H3. The summed E-state index contributed by atoms with van der Waals surface area (Å²) in [4.78, 5) is 4.89. The predicted octanol–water partition coefficient (Wildman–Crippen LogP) is 0.763. The van der Waals surface area contributed by atoms with E-state index in [1.54, 1.807) is 0 Å². The average molecular weight is 257 g/mol. The highest BCUT2D eigenvalue weighted by molar-refractivity contribution is 4.80. The lowest BCUT2D eigenvalue weighted by Gasteiger charge is -2.36. The van der Waals surface area contributed by atoms with Crippen LogP contribution in [0.25, 0.3) is 0 Å². The maximum absolute atomic E-state index is 9.13. The number of hydrogen-bond acceptors (Lipinski definition) is 4. The van der Waals surface area contributed by atoms with Gasteiger partial charge in [0.1, 0.15) is 0 Å². The van der Waals surface area contributed by atoms with Crippen molar-refractivity contribution in [3.05, 3.63) is 0 Å². The number of hydrogen-bond donors (Lipinski definition) is 2. The smallest absolute Gasteiger partial charge is 0.0446 e. The van der Waals surface area contributed by atoms with Crippen molar-refractivity contribution in [1.82, 2.24) is 15.1 Å². The van der Waals surface area contributed by atoms with Gasteiger partial charge >= 0.3 is 0 Å². The first kappa shape index (κ1) is 15.9. The van der Waals surface area contributed by atoms with E-state index in [-0.39, 0.29) is 6.61 Å². The number of nitrogens with one attached hydrogen (secondary N) is 1. The third-order valence-corrected chi connectivity index (χ3v) is 3.98. The summed E-state index contributed by atoms with van der Waals surface area (Å²) in [7, 11) is 4.43. The Balaban J connectivity index is 2.32. The molecule has 0 amide bonds. The molecule has 4 heteroatoms. The summed E-state index contributed by atoms with van der Waals surface area (Å²) in [6, 6.07) is 1.14. The van der Waals surface area contributed by atoms with E-state index < -0.39 is 0 Å². The zero-order valence-electron chi connectivity index (χ0n) is 12.4. The van der Waals surface area contributed by atoms with E-state index in [1.807, 2.05) is 0 Å². The molecule has 1 rings (SSSR count). The molecule has 0 bridgehead atoms. The van der Waals surface area contributed by atoms with Gasteiger partial charge in [-0.05, 0) is 59.4 Å². The number of likely N-dealkylation sites (N-methyl/N-ethyl adjacent to an activating group) is 1. The monoisotopic (exact) mass is 257 g/mol. The molecule has 1 aliphatic rings. The quantitative estimate of drug-likeness (QED) is 0.673. The Bertz CT molecular complexity index is 205. The summed E-state index contributed by atoms with van der Waals surface area (Å²) in [6.07, 6.45) is 4.55. The molecule has 0 aromatic heterocycles. The van der Waals surface area contributed by atoms with Crippen LogP contribution in [0.5, 0.6) is 0 Å². The lowest BCUT2D eigenvalue weighted by molar-refractivity contribution is 0.128. The normalized spacial score (nSPS) is 20.5. The van der Waals surface area contributed by atoms with E-state index in [0.717, 1.165) is 25.9 Å². The number of aliphatic hydroxyl groups is 1. The number of piperidine rings is 1. The molecule has 1 fully saturated rings. The SMILES string of the molecule is CCCNC(CCO)CN(C)C1CCN(C)CC1. The third-order valence-electron chi connectivity index (χ3n) is 3.98. The van der Waals surface area contributed by atoms with Crippen molar-refractivity contribution in [3.8, 4) is 0 Å². The highest BCUT2D eigenvalue weighted by Gasteiger charge is 2.22. The summed E-state index contributed by atoms with van der Waals surface area (Å²) in [5.41, 5.74) is 0. The molecule has 18 heavy (non-hydrogen) atoms. The molecule has 2 N–H and O–H groups in total. The molecule has 0 radical (unpaired) electrons. The van der Waals surface area contributed by atoms with Crippen LogP contribution < -0.4 is 5.32 Å². The molecule has 1 saturated heterocycles. The van der Waals surface area contributed by atoms with Crippen molar-refractivity contribution < 1.29 is 5.11 Å². The highest BCUT2D eigenvalue weighted by Crippen LogP contribution is 2.14.